The average Bonchev–Trinajstić information content (AvgIpc) is 2.19. The summed E-state index contributed by atoms with van der Waals surface area (Å²) in [4.78, 5) is 10.3. The van der Waals surface area contributed by atoms with E-state index in [1.807, 2.05) is 37.3 Å². The van der Waals surface area contributed by atoms with Crippen LogP contribution in [0.3, 0.4) is 0 Å². The summed E-state index contributed by atoms with van der Waals surface area (Å²) < 4.78 is 5.30. The number of rotatable bonds is 4. The van der Waals surface area contributed by atoms with Gasteiger partial charge in [-0.1, -0.05) is 30.3 Å². The van der Waals surface area contributed by atoms with Crippen LogP contribution >= 0.6 is 0 Å². The Balaban J connectivity index is 2.89. The monoisotopic (exact) mass is 176 g/mol. The number of allylic oxidation sites excluding steroid dienone is 1. The van der Waals surface area contributed by atoms with Crippen molar-refractivity contribution in [2.75, 3.05) is 6.61 Å². The quantitative estimate of drug-likeness (QED) is 0.399. The Bertz CT molecular complexity index is 288. The van der Waals surface area contributed by atoms with Crippen molar-refractivity contribution in [3.8, 4) is 0 Å². The van der Waals surface area contributed by atoms with Gasteiger partial charge in [0.15, 0.2) is 0 Å². The van der Waals surface area contributed by atoms with Gasteiger partial charge in [-0.15, -0.1) is 0 Å². The lowest BCUT2D eigenvalue weighted by Crippen LogP contribution is -1.91. The molecule has 0 aliphatic carbocycles. The van der Waals surface area contributed by atoms with E-state index in [1.165, 1.54) is 6.08 Å². The van der Waals surface area contributed by atoms with Gasteiger partial charge >= 0.3 is 0 Å². The van der Waals surface area contributed by atoms with E-state index in [0.29, 0.717) is 12.4 Å². The number of hydrogen-bond donors (Lipinski definition) is 0. The Hall–Kier alpha value is -1.57. The topological polar surface area (TPSA) is 26.3 Å². The summed E-state index contributed by atoms with van der Waals surface area (Å²) in [6, 6.07) is 9.56. The molecule has 0 amide bonds. The van der Waals surface area contributed by atoms with E-state index in [2.05, 4.69) is 0 Å². The Labute approximate surface area is 77.8 Å². The van der Waals surface area contributed by atoms with Gasteiger partial charge in [-0.2, -0.15) is 0 Å². The van der Waals surface area contributed by atoms with Crippen molar-refractivity contribution >= 4 is 12.0 Å². The highest BCUT2D eigenvalue weighted by molar-refractivity contribution is 5.78. The van der Waals surface area contributed by atoms with Crippen LogP contribution in [0, 0.1) is 0 Å². The number of hydrogen-bond acceptors (Lipinski definition) is 2. The minimum Gasteiger partial charge on any atom is -0.493 e. The van der Waals surface area contributed by atoms with Crippen molar-refractivity contribution in [1.29, 1.82) is 0 Å². The average molecular weight is 176 g/mol. The highest BCUT2D eigenvalue weighted by Gasteiger charge is 1.99. The molecule has 0 aliphatic rings. The van der Waals surface area contributed by atoms with Gasteiger partial charge in [0, 0.05) is 11.6 Å². The summed E-state index contributed by atoms with van der Waals surface area (Å²) >= 11 is 0. The number of carbonyl (C=O) groups is 1. The number of ether oxygens (including phenoxy) is 1. The van der Waals surface area contributed by atoms with Crippen molar-refractivity contribution in [3.05, 3.63) is 42.0 Å². The summed E-state index contributed by atoms with van der Waals surface area (Å²) in [5.41, 5.74) is 0.927. The van der Waals surface area contributed by atoms with Gasteiger partial charge in [0.05, 0.1) is 6.61 Å². The Morgan fingerprint density at radius 2 is 2.08 bits per heavy atom. The highest BCUT2D eigenvalue weighted by atomic mass is 16.5. The van der Waals surface area contributed by atoms with Crippen LogP contribution in [0.4, 0.5) is 0 Å². The summed E-state index contributed by atoms with van der Waals surface area (Å²) in [7, 11) is 0. The van der Waals surface area contributed by atoms with Crippen LogP contribution < -0.4 is 0 Å². The molecule has 1 aromatic carbocycles. The maximum absolute atomic E-state index is 10.3. The third-order valence-electron chi connectivity index (χ3n) is 1.58. The van der Waals surface area contributed by atoms with Crippen LogP contribution in [0.15, 0.2) is 36.4 Å². The summed E-state index contributed by atoms with van der Waals surface area (Å²) in [6.45, 7) is 2.45. The fourth-order valence-electron chi connectivity index (χ4n) is 1.05. The molecule has 0 fully saturated rings. The number of carbonyl (C=O) groups excluding carboxylic acids is 1. The lowest BCUT2D eigenvalue weighted by molar-refractivity contribution is -0.104. The first-order chi connectivity index (χ1) is 6.38. The van der Waals surface area contributed by atoms with Crippen molar-refractivity contribution in [2.45, 2.75) is 6.92 Å². The standard InChI is InChI=1S/C11H12O2/c1-2-13-11(8-9-12)10-6-4-3-5-7-10/h3-9H,2H2,1H3/b11-8+. The van der Waals surface area contributed by atoms with E-state index in [0.717, 1.165) is 11.8 Å². The number of benzene rings is 1. The largest absolute Gasteiger partial charge is 0.493 e. The molecule has 0 radical (unpaired) electrons. The summed E-state index contributed by atoms with van der Waals surface area (Å²) in [5, 5.41) is 0. The highest BCUT2D eigenvalue weighted by Crippen LogP contribution is 2.14. The molecule has 1 aromatic rings. The minimum atomic E-state index is 0.564. The molecule has 0 saturated heterocycles. The Kier molecular flexibility index (Phi) is 3.76. The molecule has 1 rings (SSSR count). The molecular formula is C11H12O2. The molecule has 0 unspecified atom stereocenters. The van der Waals surface area contributed by atoms with Crippen molar-refractivity contribution in [2.24, 2.45) is 0 Å². The lowest BCUT2D eigenvalue weighted by atomic mass is 10.2. The first-order valence-corrected chi connectivity index (χ1v) is 4.22. The second kappa shape index (κ2) is 5.14. The van der Waals surface area contributed by atoms with E-state index in [1.54, 1.807) is 0 Å². The first-order valence-electron chi connectivity index (χ1n) is 4.22. The molecule has 0 bridgehead atoms. The van der Waals surface area contributed by atoms with Crippen molar-refractivity contribution in [3.63, 3.8) is 0 Å². The van der Waals surface area contributed by atoms with E-state index >= 15 is 0 Å². The van der Waals surface area contributed by atoms with Crippen LogP contribution in [0.5, 0.6) is 0 Å². The number of aldehydes is 1. The van der Waals surface area contributed by atoms with Crippen LogP contribution in [-0.4, -0.2) is 12.9 Å². The molecule has 68 valence electrons. The first kappa shape index (κ1) is 9.52. The maximum atomic E-state index is 10.3. The lowest BCUT2D eigenvalue weighted by Gasteiger charge is -2.06. The fourth-order valence-corrected chi connectivity index (χ4v) is 1.05. The van der Waals surface area contributed by atoms with Gasteiger partial charge in [0.2, 0.25) is 0 Å². The third-order valence-corrected chi connectivity index (χ3v) is 1.58. The molecular weight excluding hydrogens is 164 g/mol. The van der Waals surface area contributed by atoms with Gasteiger partial charge in [-0.25, -0.2) is 0 Å². The fraction of sp³-hybridized carbons (Fsp3) is 0.182. The molecule has 0 N–H and O–H groups in total. The molecule has 0 aromatic heterocycles. The molecule has 0 atom stereocenters. The molecule has 2 heteroatoms. The van der Waals surface area contributed by atoms with Gasteiger partial charge in [-0.3, -0.25) is 4.79 Å². The smallest absolute Gasteiger partial charge is 0.146 e. The van der Waals surface area contributed by atoms with Crippen LogP contribution in [0.2, 0.25) is 0 Å². The predicted octanol–water partition coefficient (Wildman–Crippen LogP) is 2.26. The predicted molar refractivity (Wildman–Crippen MR) is 52.1 cm³/mol. The van der Waals surface area contributed by atoms with E-state index in [4.69, 9.17) is 4.74 Å². The Morgan fingerprint density at radius 1 is 1.38 bits per heavy atom. The van der Waals surface area contributed by atoms with Crippen molar-refractivity contribution < 1.29 is 9.53 Å². The van der Waals surface area contributed by atoms with Gasteiger partial charge in [0.1, 0.15) is 12.0 Å². The zero-order chi connectivity index (χ0) is 9.52. The molecule has 0 heterocycles. The normalized spacial score (nSPS) is 11.0. The molecule has 0 saturated carbocycles. The minimum absolute atomic E-state index is 0.564. The van der Waals surface area contributed by atoms with E-state index in [9.17, 15) is 4.79 Å². The SMILES string of the molecule is CCO/C(=C/C=O)c1ccccc1. The zero-order valence-electron chi connectivity index (χ0n) is 7.57. The Morgan fingerprint density at radius 3 is 2.62 bits per heavy atom. The van der Waals surface area contributed by atoms with E-state index in [-0.39, 0.29) is 0 Å². The second-order valence-corrected chi connectivity index (χ2v) is 2.47. The van der Waals surface area contributed by atoms with Gasteiger partial charge < -0.3 is 4.74 Å². The zero-order valence-corrected chi connectivity index (χ0v) is 7.57. The third kappa shape index (κ3) is 2.75. The molecule has 2 nitrogen and oxygen atoms in total. The summed E-state index contributed by atoms with van der Waals surface area (Å²) in [6.07, 6.45) is 2.16. The van der Waals surface area contributed by atoms with Crippen LogP contribution in [-0.2, 0) is 9.53 Å². The van der Waals surface area contributed by atoms with Crippen molar-refractivity contribution in [1.82, 2.24) is 0 Å². The summed E-state index contributed by atoms with van der Waals surface area (Å²) in [5.74, 6) is 0.623. The second-order valence-electron chi connectivity index (χ2n) is 2.47. The van der Waals surface area contributed by atoms with Crippen LogP contribution in [0.25, 0.3) is 5.76 Å². The van der Waals surface area contributed by atoms with Gasteiger partial charge in [-0.05, 0) is 6.92 Å². The maximum Gasteiger partial charge on any atom is 0.146 e. The van der Waals surface area contributed by atoms with Crippen LogP contribution in [0.1, 0.15) is 12.5 Å². The van der Waals surface area contributed by atoms with E-state index < -0.39 is 0 Å². The molecule has 0 spiro atoms. The van der Waals surface area contributed by atoms with Gasteiger partial charge in [0.25, 0.3) is 0 Å². The molecule has 0 aliphatic heterocycles. The molecule has 13 heavy (non-hydrogen) atoms.